The standard InChI is InChI=1S/C15H14BrFO2/c1-2-19-15-8-13(14(16)7-11(15)9-18)10-3-5-12(17)6-4-10/h3-8,18H,2,9H2,1H3. The van der Waals surface area contributed by atoms with Gasteiger partial charge < -0.3 is 9.84 Å². The molecule has 0 aromatic heterocycles. The maximum absolute atomic E-state index is 13.0. The molecule has 0 fully saturated rings. The van der Waals surface area contributed by atoms with Gasteiger partial charge in [0, 0.05) is 10.0 Å². The number of rotatable bonds is 4. The Bertz CT molecular complexity index is 567. The topological polar surface area (TPSA) is 29.5 Å². The summed E-state index contributed by atoms with van der Waals surface area (Å²) in [5.41, 5.74) is 2.51. The molecule has 2 aromatic rings. The molecule has 19 heavy (non-hydrogen) atoms. The van der Waals surface area contributed by atoms with Crippen LogP contribution in [-0.4, -0.2) is 11.7 Å². The summed E-state index contributed by atoms with van der Waals surface area (Å²) < 4.78 is 19.3. The van der Waals surface area contributed by atoms with Gasteiger partial charge in [0.1, 0.15) is 11.6 Å². The molecular formula is C15H14BrFO2. The van der Waals surface area contributed by atoms with Crippen molar-refractivity contribution in [2.45, 2.75) is 13.5 Å². The first-order valence-corrected chi connectivity index (χ1v) is 6.77. The molecule has 0 saturated heterocycles. The monoisotopic (exact) mass is 324 g/mol. The summed E-state index contributed by atoms with van der Waals surface area (Å²) in [6.45, 7) is 2.33. The molecule has 0 saturated carbocycles. The highest BCUT2D eigenvalue weighted by Gasteiger charge is 2.10. The molecule has 0 aliphatic carbocycles. The summed E-state index contributed by atoms with van der Waals surface area (Å²) >= 11 is 3.47. The number of ether oxygens (including phenoxy) is 1. The molecule has 1 N–H and O–H groups in total. The Kier molecular flexibility index (Phi) is 4.56. The predicted octanol–water partition coefficient (Wildman–Crippen LogP) is 4.15. The lowest BCUT2D eigenvalue weighted by molar-refractivity contribution is 0.267. The van der Waals surface area contributed by atoms with Crippen LogP contribution >= 0.6 is 15.9 Å². The van der Waals surface area contributed by atoms with Gasteiger partial charge in [0.2, 0.25) is 0 Å². The van der Waals surface area contributed by atoms with E-state index >= 15 is 0 Å². The van der Waals surface area contributed by atoms with E-state index in [4.69, 9.17) is 4.74 Å². The van der Waals surface area contributed by atoms with Gasteiger partial charge in [0.25, 0.3) is 0 Å². The lowest BCUT2D eigenvalue weighted by Crippen LogP contribution is -1.98. The minimum atomic E-state index is -0.267. The summed E-state index contributed by atoms with van der Waals surface area (Å²) in [7, 11) is 0. The van der Waals surface area contributed by atoms with Crippen molar-refractivity contribution in [3.05, 3.63) is 52.3 Å². The van der Waals surface area contributed by atoms with E-state index in [1.807, 2.05) is 19.1 Å². The van der Waals surface area contributed by atoms with Crippen LogP contribution in [0.25, 0.3) is 11.1 Å². The summed E-state index contributed by atoms with van der Waals surface area (Å²) in [5.74, 6) is 0.379. The molecule has 0 aliphatic rings. The average molecular weight is 325 g/mol. The van der Waals surface area contributed by atoms with Gasteiger partial charge >= 0.3 is 0 Å². The highest BCUT2D eigenvalue weighted by atomic mass is 79.9. The molecule has 4 heteroatoms. The van der Waals surface area contributed by atoms with Crippen LogP contribution in [0.15, 0.2) is 40.9 Å². The first-order valence-electron chi connectivity index (χ1n) is 5.97. The van der Waals surface area contributed by atoms with Crippen LogP contribution in [0.3, 0.4) is 0 Å². The van der Waals surface area contributed by atoms with Crippen LogP contribution in [-0.2, 0) is 6.61 Å². The molecule has 0 unspecified atom stereocenters. The fourth-order valence-corrected chi connectivity index (χ4v) is 2.48. The maximum atomic E-state index is 13.0. The Labute approximate surface area is 120 Å². The Morgan fingerprint density at radius 3 is 2.47 bits per heavy atom. The van der Waals surface area contributed by atoms with E-state index in [2.05, 4.69) is 15.9 Å². The fourth-order valence-electron chi connectivity index (χ4n) is 1.86. The van der Waals surface area contributed by atoms with Gasteiger partial charge in [-0.25, -0.2) is 4.39 Å². The van der Waals surface area contributed by atoms with Gasteiger partial charge in [-0.05, 0) is 42.3 Å². The zero-order chi connectivity index (χ0) is 13.8. The van der Waals surface area contributed by atoms with E-state index in [0.29, 0.717) is 12.4 Å². The van der Waals surface area contributed by atoms with Crippen LogP contribution in [0.4, 0.5) is 4.39 Å². The van der Waals surface area contributed by atoms with Crippen molar-refractivity contribution in [2.24, 2.45) is 0 Å². The molecular weight excluding hydrogens is 311 g/mol. The third-order valence-corrected chi connectivity index (χ3v) is 3.43. The van der Waals surface area contributed by atoms with Crippen molar-refractivity contribution in [3.63, 3.8) is 0 Å². The molecule has 2 nitrogen and oxygen atoms in total. The molecule has 0 aliphatic heterocycles. The third-order valence-electron chi connectivity index (χ3n) is 2.78. The molecule has 100 valence electrons. The van der Waals surface area contributed by atoms with Crippen LogP contribution in [0.5, 0.6) is 5.75 Å². The molecule has 2 rings (SSSR count). The van der Waals surface area contributed by atoms with Crippen molar-refractivity contribution in [1.29, 1.82) is 0 Å². The molecule has 0 heterocycles. The van der Waals surface area contributed by atoms with Gasteiger partial charge in [-0.3, -0.25) is 0 Å². The summed E-state index contributed by atoms with van der Waals surface area (Å²) in [6, 6.07) is 9.94. The Morgan fingerprint density at radius 1 is 1.21 bits per heavy atom. The number of halogens is 2. The summed E-state index contributed by atoms with van der Waals surface area (Å²) in [5, 5.41) is 9.32. The first kappa shape index (κ1) is 14.0. The Hall–Kier alpha value is -1.39. The quantitative estimate of drug-likeness (QED) is 0.915. The van der Waals surface area contributed by atoms with Crippen molar-refractivity contribution >= 4 is 15.9 Å². The van der Waals surface area contributed by atoms with E-state index in [0.717, 1.165) is 21.2 Å². The van der Waals surface area contributed by atoms with Gasteiger partial charge in [-0.2, -0.15) is 0 Å². The highest BCUT2D eigenvalue weighted by Crippen LogP contribution is 2.34. The van der Waals surface area contributed by atoms with Crippen LogP contribution in [0.2, 0.25) is 0 Å². The van der Waals surface area contributed by atoms with E-state index in [1.165, 1.54) is 12.1 Å². The zero-order valence-corrected chi connectivity index (χ0v) is 12.1. The van der Waals surface area contributed by atoms with Gasteiger partial charge in [0.15, 0.2) is 0 Å². The van der Waals surface area contributed by atoms with Crippen LogP contribution in [0.1, 0.15) is 12.5 Å². The molecule has 0 radical (unpaired) electrons. The average Bonchev–Trinajstić information content (AvgIpc) is 2.41. The minimum Gasteiger partial charge on any atom is -0.493 e. The van der Waals surface area contributed by atoms with Crippen molar-refractivity contribution < 1.29 is 14.2 Å². The largest absolute Gasteiger partial charge is 0.493 e. The first-order chi connectivity index (χ1) is 9.15. The smallest absolute Gasteiger partial charge is 0.125 e. The SMILES string of the molecule is CCOc1cc(-c2ccc(F)cc2)c(Br)cc1CO. The maximum Gasteiger partial charge on any atom is 0.125 e. The second-order valence-corrected chi connectivity index (χ2v) is 4.89. The summed E-state index contributed by atoms with van der Waals surface area (Å²) in [6.07, 6.45) is 0. The molecule has 2 aromatic carbocycles. The molecule has 0 bridgehead atoms. The zero-order valence-electron chi connectivity index (χ0n) is 10.5. The molecule has 0 amide bonds. The van der Waals surface area contributed by atoms with Crippen molar-refractivity contribution in [2.75, 3.05) is 6.61 Å². The second-order valence-electron chi connectivity index (χ2n) is 4.04. The Morgan fingerprint density at radius 2 is 1.89 bits per heavy atom. The number of aliphatic hydroxyl groups is 1. The normalized spacial score (nSPS) is 10.5. The number of aliphatic hydroxyl groups excluding tert-OH is 1. The number of hydrogen-bond donors (Lipinski definition) is 1. The predicted molar refractivity (Wildman–Crippen MR) is 76.6 cm³/mol. The van der Waals surface area contributed by atoms with Crippen LogP contribution < -0.4 is 4.74 Å². The van der Waals surface area contributed by atoms with E-state index < -0.39 is 0 Å². The number of benzene rings is 2. The van der Waals surface area contributed by atoms with E-state index in [1.54, 1.807) is 12.1 Å². The van der Waals surface area contributed by atoms with Gasteiger partial charge in [-0.1, -0.05) is 28.1 Å². The van der Waals surface area contributed by atoms with E-state index in [-0.39, 0.29) is 12.4 Å². The van der Waals surface area contributed by atoms with Crippen molar-refractivity contribution in [1.82, 2.24) is 0 Å². The van der Waals surface area contributed by atoms with Crippen molar-refractivity contribution in [3.8, 4) is 16.9 Å². The van der Waals surface area contributed by atoms with Crippen LogP contribution in [0, 0.1) is 5.82 Å². The minimum absolute atomic E-state index is 0.0857. The lowest BCUT2D eigenvalue weighted by Gasteiger charge is -2.13. The molecule has 0 spiro atoms. The fraction of sp³-hybridized carbons (Fsp3) is 0.200. The molecule has 0 atom stereocenters. The highest BCUT2D eigenvalue weighted by molar-refractivity contribution is 9.10. The Balaban J connectivity index is 2.50. The summed E-state index contributed by atoms with van der Waals surface area (Å²) in [4.78, 5) is 0. The van der Waals surface area contributed by atoms with Gasteiger partial charge in [0.05, 0.1) is 13.2 Å². The third kappa shape index (κ3) is 3.14. The lowest BCUT2D eigenvalue weighted by atomic mass is 10.0. The van der Waals surface area contributed by atoms with Gasteiger partial charge in [-0.15, -0.1) is 0 Å². The second kappa shape index (κ2) is 6.17. The number of hydrogen-bond acceptors (Lipinski definition) is 2. The van der Waals surface area contributed by atoms with E-state index in [9.17, 15) is 9.50 Å².